The quantitative estimate of drug-likeness (QED) is 0.911. The van der Waals surface area contributed by atoms with E-state index in [1.807, 2.05) is 28.9 Å². The number of rotatable bonds is 3. The maximum absolute atomic E-state index is 5.80. The molecule has 0 aliphatic carbocycles. The molecule has 0 saturated heterocycles. The summed E-state index contributed by atoms with van der Waals surface area (Å²) in [5, 5.41) is 4.61. The van der Waals surface area contributed by atoms with Gasteiger partial charge >= 0.3 is 0 Å². The Balaban J connectivity index is 1.95. The first-order valence-corrected chi connectivity index (χ1v) is 6.61. The molecule has 5 heteroatoms. The number of hydrogen-bond acceptors (Lipinski definition) is 4. The molecule has 0 saturated carbocycles. The van der Waals surface area contributed by atoms with Crippen molar-refractivity contribution in [3.8, 4) is 17.1 Å². The van der Waals surface area contributed by atoms with Crippen molar-refractivity contribution in [2.45, 2.75) is 25.3 Å². The molecule has 1 unspecified atom stereocenters. The molecule has 1 aromatic heterocycles. The smallest absolute Gasteiger partial charge is 0.181 e. The molecule has 19 heavy (non-hydrogen) atoms. The predicted octanol–water partition coefficient (Wildman–Crippen LogP) is 1.79. The van der Waals surface area contributed by atoms with Crippen LogP contribution in [0.15, 0.2) is 24.3 Å². The minimum Gasteiger partial charge on any atom is -0.497 e. The van der Waals surface area contributed by atoms with Crippen LogP contribution in [0.5, 0.6) is 5.75 Å². The van der Waals surface area contributed by atoms with E-state index in [0.29, 0.717) is 12.6 Å². The van der Waals surface area contributed by atoms with Crippen molar-refractivity contribution in [3.63, 3.8) is 0 Å². The average molecular weight is 258 g/mol. The van der Waals surface area contributed by atoms with Crippen molar-refractivity contribution in [3.05, 3.63) is 30.1 Å². The number of aromatic nitrogens is 3. The number of benzene rings is 1. The second kappa shape index (κ2) is 5.01. The van der Waals surface area contributed by atoms with Gasteiger partial charge in [0, 0.05) is 18.5 Å². The second-order valence-corrected chi connectivity index (χ2v) is 4.81. The molecule has 0 bridgehead atoms. The van der Waals surface area contributed by atoms with Gasteiger partial charge in [0.1, 0.15) is 11.6 Å². The normalized spacial score (nSPS) is 18.1. The summed E-state index contributed by atoms with van der Waals surface area (Å²) in [6, 6.07) is 8.11. The topological polar surface area (TPSA) is 66.0 Å². The van der Waals surface area contributed by atoms with E-state index in [-0.39, 0.29) is 0 Å². The van der Waals surface area contributed by atoms with Crippen LogP contribution in [0.3, 0.4) is 0 Å². The molecule has 0 spiro atoms. The lowest BCUT2D eigenvalue weighted by Gasteiger charge is -2.21. The summed E-state index contributed by atoms with van der Waals surface area (Å²) < 4.78 is 7.16. The van der Waals surface area contributed by atoms with Gasteiger partial charge in [0.2, 0.25) is 0 Å². The van der Waals surface area contributed by atoms with Gasteiger partial charge in [-0.05, 0) is 37.1 Å². The molecule has 2 heterocycles. The minimum atomic E-state index is 0.295. The molecule has 0 fully saturated rings. The van der Waals surface area contributed by atoms with Crippen molar-refractivity contribution < 1.29 is 4.74 Å². The molecule has 5 nitrogen and oxygen atoms in total. The van der Waals surface area contributed by atoms with Crippen LogP contribution in [-0.2, 0) is 6.42 Å². The minimum absolute atomic E-state index is 0.295. The van der Waals surface area contributed by atoms with Crippen LogP contribution in [0.25, 0.3) is 11.4 Å². The van der Waals surface area contributed by atoms with Gasteiger partial charge in [0.15, 0.2) is 5.82 Å². The number of ether oxygens (including phenoxy) is 1. The summed E-state index contributed by atoms with van der Waals surface area (Å²) in [4.78, 5) is 4.63. The van der Waals surface area contributed by atoms with Crippen LogP contribution in [0, 0.1) is 0 Å². The molecule has 1 aromatic carbocycles. The summed E-state index contributed by atoms with van der Waals surface area (Å²) in [7, 11) is 1.66. The number of nitrogens with two attached hydrogens (primary N) is 1. The zero-order valence-electron chi connectivity index (χ0n) is 11.0. The molecule has 1 aliphatic heterocycles. The first-order chi connectivity index (χ1) is 9.31. The molecule has 1 atom stereocenters. The van der Waals surface area contributed by atoms with E-state index in [9.17, 15) is 0 Å². The Hall–Kier alpha value is -1.88. The lowest BCUT2D eigenvalue weighted by atomic mass is 10.1. The number of aryl methyl sites for hydroxylation is 1. The zero-order valence-corrected chi connectivity index (χ0v) is 11.0. The first-order valence-electron chi connectivity index (χ1n) is 6.61. The van der Waals surface area contributed by atoms with E-state index in [1.54, 1.807) is 7.11 Å². The lowest BCUT2D eigenvalue weighted by molar-refractivity contribution is 0.370. The van der Waals surface area contributed by atoms with Gasteiger partial charge in [0.05, 0.1) is 13.2 Å². The standard InChI is InChI=1S/C14H18N4O/c1-19-12-7-5-10(6-8-12)14-16-13-4-2-3-11(9-15)18(13)17-14/h5-8,11H,2-4,9,15H2,1H3. The van der Waals surface area contributed by atoms with Crippen molar-refractivity contribution in [1.82, 2.24) is 14.8 Å². The van der Waals surface area contributed by atoms with Crippen LogP contribution >= 0.6 is 0 Å². The van der Waals surface area contributed by atoms with Crippen LogP contribution < -0.4 is 10.5 Å². The molecule has 1 aliphatic rings. The molecule has 3 rings (SSSR count). The van der Waals surface area contributed by atoms with Gasteiger partial charge in [-0.3, -0.25) is 0 Å². The number of methoxy groups -OCH3 is 1. The SMILES string of the molecule is COc1ccc(-c2nc3n(n2)C(CN)CCC3)cc1. The van der Waals surface area contributed by atoms with Gasteiger partial charge in [-0.1, -0.05) is 0 Å². The van der Waals surface area contributed by atoms with E-state index in [0.717, 1.165) is 42.2 Å². The molecule has 2 aromatic rings. The fraction of sp³-hybridized carbons (Fsp3) is 0.429. The van der Waals surface area contributed by atoms with Crippen molar-refractivity contribution in [2.24, 2.45) is 5.73 Å². The molecule has 0 radical (unpaired) electrons. The van der Waals surface area contributed by atoms with Gasteiger partial charge in [0.25, 0.3) is 0 Å². The highest BCUT2D eigenvalue weighted by Gasteiger charge is 2.22. The van der Waals surface area contributed by atoms with Gasteiger partial charge in [-0.15, -0.1) is 0 Å². The number of hydrogen-bond donors (Lipinski definition) is 1. The Kier molecular flexibility index (Phi) is 3.21. The van der Waals surface area contributed by atoms with Crippen LogP contribution in [-0.4, -0.2) is 28.4 Å². The highest BCUT2D eigenvalue weighted by atomic mass is 16.5. The molecular weight excluding hydrogens is 240 g/mol. The molecule has 2 N–H and O–H groups in total. The summed E-state index contributed by atoms with van der Waals surface area (Å²) in [5.41, 5.74) is 6.81. The Bertz CT molecular complexity index is 561. The van der Waals surface area contributed by atoms with Crippen molar-refractivity contribution >= 4 is 0 Å². The van der Waals surface area contributed by atoms with Gasteiger partial charge < -0.3 is 10.5 Å². The molecular formula is C14H18N4O. The van der Waals surface area contributed by atoms with E-state index in [2.05, 4.69) is 10.1 Å². The Morgan fingerprint density at radius 2 is 2.16 bits per heavy atom. The molecule has 0 amide bonds. The average Bonchev–Trinajstić information content (AvgIpc) is 2.91. The summed E-state index contributed by atoms with van der Waals surface area (Å²) in [6.07, 6.45) is 3.22. The van der Waals surface area contributed by atoms with Crippen LogP contribution in [0.2, 0.25) is 0 Å². The third-order valence-electron chi connectivity index (χ3n) is 3.61. The lowest BCUT2D eigenvalue weighted by Crippen LogP contribution is -2.25. The van der Waals surface area contributed by atoms with E-state index >= 15 is 0 Å². The summed E-state index contributed by atoms with van der Waals surface area (Å²) >= 11 is 0. The highest BCUT2D eigenvalue weighted by Crippen LogP contribution is 2.26. The number of nitrogens with zero attached hydrogens (tertiary/aromatic N) is 3. The van der Waals surface area contributed by atoms with Crippen molar-refractivity contribution in [1.29, 1.82) is 0 Å². The van der Waals surface area contributed by atoms with E-state index in [1.165, 1.54) is 0 Å². The summed E-state index contributed by atoms with van der Waals surface area (Å²) in [6.45, 7) is 0.623. The van der Waals surface area contributed by atoms with Gasteiger partial charge in [-0.25, -0.2) is 9.67 Å². The van der Waals surface area contributed by atoms with Crippen LogP contribution in [0.4, 0.5) is 0 Å². The second-order valence-electron chi connectivity index (χ2n) is 4.81. The molecule has 100 valence electrons. The van der Waals surface area contributed by atoms with Crippen molar-refractivity contribution in [2.75, 3.05) is 13.7 Å². The largest absolute Gasteiger partial charge is 0.497 e. The van der Waals surface area contributed by atoms with E-state index in [4.69, 9.17) is 10.5 Å². The maximum atomic E-state index is 5.80. The highest BCUT2D eigenvalue weighted by molar-refractivity contribution is 5.56. The first kappa shape index (κ1) is 12.2. The fourth-order valence-corrected chi connectivity index (χ4v) is 2.52. The Morgan fingerprint density at radius 3 is 2.84 bits per heavy atom. The van der Waals surface area contributed by atoms with Crippen LogP contribution in [0.1, 0.15) is 24.7 Å². The number of fused-ring (bicyclic) bond motifs is 1. The monoisotopic (exact) mass is 258 g/mol. The van der Waals surface area contributed by atoms with Gasteiger partial charge in [-0.2, -0.15) is 5.10 Å². The summed E-state index contributed by atoms with van der Waals surface area (Å²) in [5.74, 6) is 2.66. The fourth-order valence-electron chi connectivity index (χ4n) is 2.52. The zero-order chi connectivity index (χ0) is 13.2. The Morgan fingerprint density at radius 1 is 1.37 bits per heavy atom. The third-order valence-corrected chi connectivity index (χ3v) is 3.61. The predicted molar refractivity (Wildman–Crippen MR) is 73.0 cm³/mol. The third kappa shape index (κ3) is 2.21. The maximum Gasteiger partial charge on any atom is 0.181 e. The Labute approximate surface area is 112 Å². The van der Waals surface area contributed by atoms with E-state index < -0.39 is 0 Å².